The number of hydrogen-bond donors (Lipinski definition) is 2. The number of nitrogens with one attached hydrogen (secondary N) is 2. The summed E-state index contributed by atoms with van der Waals surface area (Å²) in [6.07, 6.45) is 1.30. The summed E-state index contributed by atoms with van der Waals surface area (Å²) in [5.74, 6) is 0.942. The molecule has 10 heavy (non-hydrogen) atoms. The fourth-order valence-electron chi connectivity index (χ4n) is 1.16. The predicted molar refractivity (Wildman–Crippen MR) is 36.6 cm³/mol. The van der Waals surface area contributed by atoms with E-state index in [0.29, 0.717) is 12.4 Å². The molecule has 54 valence electrons. The number of rotatable bonds is 0. The van der Waals surface area contributed by atoms with Crippen molar-refractivity contribution in [2.75, 3.05) is 13.1 Å². The molecule has 0 amide bonds. The van der Waals surface area contributed by atoms with E-state index in [0.717, 1.165) is 11.3 Å². The van der Waals surface area contributed by atoms with E-state index in [2.05, 4.69) is 15.8 Å². The van der Waals surface area contributed by atoms with E-state index in [-0.39, 0.29) is 5.92 Å². The molecule has 5 nitrogen and oxygen atoms in total. The maximum Gasteiger partial charge on any atom is 0.221 e. The Bertz CT molecular complexity index is 210. The third-order valence-electron chi connectivity index (χ3n) is 1.70. The Morgan fingerprint density at radius 1 is 1.80 bits per heavy atom. The molecule has 1 saturated heterocycles. The molecule has 1 fully saturated rings. The minimum absolute atomic E-state index is 0.252. The molecule has 0 bridgehead atoms. The highest BCUT2D eigenvalue weighted by molar-refractivity contribution is 5.85. The highest BCUT2D eigenvalue weighted by Gasteiger charge is 2.29. The van der Waals surface area contributed by atoms with Crippen LogP contribution in [0.15, 0.2) is 4.99 Å². The maximum atomic E-state index is 10.9. The molecule has 2 N–H and O–H groups in total. The molecule has 0 aromatic carbocycles. The average Bonchev–Trinajstić information content (AvgIpc) is 2.36. The summed E-state index contributed by atoms with van der Waals surface area (Å²) in [7, 11) is 0. The van der Waals surface area contributed by atoms with E-state index in [9.17, 15) is 5.21 Å². The lowest BCUT2D eigenvalue weighted by Crippen LogP contribution is -2.35. The Hall–Kier alpha value is -1.10. The summed E-state index contributed by atoms with van der Waals surface area (Å²) >= 11 is 0. The third kappa shape index (κ3) is 0.672. The van der Waals surface area contributed by atoms with Crippen LogP contribution in [-0.4, -0.2) is 30.0 Å². The van der Waals surface area contributed by atoms with Crippen molar-refractivity contribution >= 4 is 12.2 Å². The highest BCUT2D eigenvalue weighted by atomic mass is 16.5. The molecule has 2 aliphatic rings. The van der Waals surface area contributed by atoms with Crippen LogP contribution >= 0.6 is 0 Å². The normalized spacial score (nSPS) is 30.2. The van der Waals surface area contributed by atoms with Crippen molar-refractivity contribution in [3.8, 4) is 0 Å². The summed E-state index contributed by atoms with van der Waals surface area (Å²) in [5.41, 5.74) is 5.68. The molecule has 2 heterocycles. The standard InChI is InChI=1S/C5H8N4O/c10-9-3-6-1-4-2-7-8-5(4)9/h3-4,7-8H,1-2H2. The van der Waals surface area contributed by atoms with E-state index < -0.39 is 0 Å². The second kappa shape index (κ2) is 1.95. The van der Waals surface area contributed by atoms with Crippen LogP contribution in [0.2, 0.25) is 0 Å². The number of nitrogens with zero attached hydrogens (tertiary/aromatic N) is 2. The van der Waals surface area contributed by atoms with E-state index in [4.69, 9.17) is 0 Å². The van der Waals surface area contributed by atoms with E-state index >= 15 is 0 Å². The van der Waals surface area contributed by atoms with Crippen molar-refractivity contribution in [1.82, 2.24) is 10.9 Å². The number of hydroxylamine groups is 1. The quantitative estimate of drug-likeness (QED) is 0.323. The van der Waals surface area contributed by atoms with Gasteiger partial charge in [0.05, 0.1) is 5.92 Å². The first-order valence-electron chi connectivity index (χ1n) is 3.20. The topological polar surface area (TPSA) is 62.5 Å². The molecule has 0 aromatic heterocycles. The SMILES string of the molecule is [O-][N+]1=C2NNCC2CN=C1. The highest BCUT2D eigenvalue weighted by Crippen LogP contribution is 2.04. The largest absolute Gasteiger partial charge is 0.740 e. The molecule has 1 unspecified atom stereocenters. The van der Waals surface area contributed by atoms with Crippen molar-refractivity contribution < 1.29 is 4.74 Å². The number of amidine groups is 1. The van der Waals surface area contributed by atoms with Crippen LogP contribution in [0.4, 0.5) is 0 Å². The molecule has 5 heteroatoms. The van der Waals surface area contributed by atoms with Crippen molar-refractivity contribution in [2.45, 2.75) is 0 Å². The zero-order valence-electron chi connectivity index (χ0n) is 5.37. The summed E-state index contributed by atoms with van der Waals surface area (Å²) < 4.78 is 0.772. The Morgan fingerprint density at radius 3 is 3.50 bits per heavy atom. The minimum atomic E-state index is 0.252. The van der Waals surface area contributed by atoms with Gasteiger partial charge >= 0.3 is 0 Å². The first-order chi connectivity index (χ1) is 4.88. The Morgan fingerprint density at radius 2 is 2.70 bits per heavy atom. The number of hydrazine groups is 1. The van der Waals surface area contributed by atoms with Gasteiger partial charge in [-0.3, -0.25) is 4.74 Å². The smallest absolute Gasteiger partial charge is 0.221 e. The first-order valence-corrected chi connectivity index (χ1v) is 3.20. The van der Waals surface area contributed by atoms with E-state index in [1.54, 1.807) is 0 Å². The Kier molecular flexibility index (Phi) is 1.10. The van der Waals surface area contributed by atoms with Gasteiger partial charge in [0, 0.05) is 6.54 Å². The number of aliphatic imine (C=N–C) groups is 1. The van der Waals surface area contributed by atoms with Gasteiger partial charge in [-0.15, -0.1) is 0 Å². The van der Waals surface area contributed by atoms with Crippen LogP contribution in [0.1, 0.15) is 0 Å². The molecule has 1 atom stereocenters. The van der Waals surface area contributed by atoms with Gasteiger partial charge in [0.2, 0.25) is 12.2 Å². The van der Waals surface area contributed by atoms with Gasteiger partial charge in [0.1, 0.15) is 6.54 Å². The first kappa shape index (κ1) is 5.67. The van der Waals surface area contributed by atoms with Crippen molar-refractivity contribution in [2.24, 2.45) is 10.9 Å². The minimum Gasteiger partial charge on any atom is -0.740 e. The molecule has 0 saturated carbocycles. The fraction of sp³-hybridized carbons (Fsp3) is 0.600. The third-order valence-corrected chi connectivity index (χ3v) is 1.70. The van der Waals surface area contributed by atoms with Crippen LogP contribution in [-0.2, 0) is 0 Å². The summed E-state index contributed by atoms with van der Waals surface area (Å²) in [6, 6.07) is 0. The number of hydrogen-bond acceptors (Lipinski definition) is 4. The van der Waals surface area contributed by atoms with Crippen molar-refractivity contribution in [3.63, 3.8) is 0 Å². The lowest BCUT2D eigenvalue weighted by atomic mass is 10.1. The maximum absolute atomic E-state index is 10.9. The van der Waals surface area contributed by atoms with Gasteiger partial charge < -0.3 is 5.21 Å². The second-order valence-electron chi connectivity index (χ2n) is 2.39. The predicted octanol–water partition coefficient (Wildman–Crippen LogP) is -1.34. The molecule has 0 radical (unpaired) electrons. The zero-order valence-corrected chi connectivity index (χ0v) is 5.37. The molecule has 0 aliphatic carbocycles. The van der Waals surface area contributed by atoms with Crippen molar-refractivity contribution in [3.05, 3.63) is 5.21 Å². The molecule has 0 spiro atoms. The molecule has 0 aromatic rings. The second-order valence-corrected chi connectivity index (χ2v) is 2.39. The summed E-state index contributed by atoms with van der Waals surface area (Å²) in [5, 5.41) is 10.9. The average molecular weight is 140 g/mol. The van der Waals surface area contributed by atoms with Crippen LogP contribution < -0.4 is 10.9 Å². The lowest BCUT2D eigenvalue weighted by molar-refractivity contribution is -0.322. The van der Waals surface area contributed by atoms with Gasteiger partial charge in [-0.25, -0.2) is 5.43 Å². The van der Waals surface area contributed by atoms with E-state index in [1.165, 1.54) is 6.34 Å². The van der Waals surface area contributed by atoms with Gasteiger partial charge in [0.25, 0.3) is 0 Å². The van der Waals surface area contributed by atoms with E-state index in [1.807, 2.05) is 0 Å². The molecule has 2 aliphatic heterocycles. The molecular formula is C5H8N4O. The lowest BCUT2D eigenvalue weighted by Gasteiger charge is -2.13. The molecular weight excluding hydrogens is 132 g/mol. The monoisotopic (exact) mass is 140 g/mol. The van der Waals surface area contributed by atoms with Gasteiger partial charge in [-0.1, -0.05) is 0 Å². The Balaban J connectivity index is 2.32. The van der Waals surface area contributed by atoms with Crippen molar-refractivity contribution in [1.29, 1.82) is 0 Å². The van der Waals surface area contributed by atoms with Crippen LogP contribution in [0.3, 0.4) is 0 Å². The van der Waals surface area contributed by atoms with Crippen LogP contribution in [0, 0.1) is 11.1 Å². The van der Waals surface area contributed by atoms with Crippen LogP contribution in [0.5, 0.6) is 0 Å². The Labute approximate surface area is 58.0 Å². The van der Waals surface area contributed by atoms with Gasteiger partial charge in [0.15, 0.2) is 0 Å². The van der Waals surface area contributed by atoms with Crippen LogP contribution in [0.25, 0.3) is 0 Å². The zero-order chi connectivity index (χ0) is 6.97. The van der Waals surface area contributed by atoms with Gasteiger partial charge in [-0.2, -0.15) is 10.4 Å². The summed E-state index contributed by atoms with van der Waals surface area (Å²) in [6.45, 7) is 1.51. The summed E-state index contributed by atoms with van der Waals surface area (Å²) in [4.78, 5) is 3.89. The van der Waals surface area contributed by atoms with Gasteiger partial charge in [-0.05, 0) is 0 Å². The molecule has 2 rings (SSSR count). The fourth-order valence-corrected chi connectivity index (χ4v) is 1.16. The number of fused-ring (bicyclic) bond motifs is 1.